The molecule has 1 aromatic carbocycles. The number of rotatable bonds is 6. The Morgan fingerprint density at radius 1 is 1.26 bits per heavy atom. The third kappa shape index (κ3) is 4.59. The lowest BCUT2D eigenvalue weighted by atomic mass is 10.3. The molecule has 9 heteroatoms. The first kappa shape index (κ1) is 19.6. The predicted molar refractivity (Wildman–Crippen MR) is 110 cm³/mol. The number of aryl methyl sites for hydroxylation is 1. The van der Waals surface area contributed by atoms with E-state index >= 15 is 0 Å². The summed E-state index contributed by atoms with van der Waals surface area (Å²) in [5.41, 5.74) is 2.37. The summed E-state index contributed by atoms with van der Waals surface area (Å²) in [6, 6.07) is 7.10. The average molecular weight is 497 g/mol. The Bertz CT molecular complexity index is 949. The standard InChI is InChI=1S/C18H19Br2N5O2/c1-11-17(20)12(2)25(23-11)13(3)18(26)22-15-8-21-24(9-15)10-27-16-6-4-14(19)5-7-16/h4-9,13H,10H2,1-3H3,(H,22,26). The summed E-state index contributed by atoms with van der Waals surface area (Å²) in [5, 5.41) is 11.5. The minimum atomic E-state index is -0.447. The van der Waals surface area contributed by atoms with Crippen LogP contribution in [-0.4, -0.2) is 25.5 Å². The molecule has 0 saturated heterocycles. The smallest absolute Gasteiger partial charge is 0.249 e. The monoisotopic (exact) mass is 495 g/mol. The molecule has 3 rings (SSSR count). The van der Waals surface area contributed by atoms with Crippen LogP contribution in [0.25, 0.3) is 0 Å². The summed E-state index contributed by atoms with van der Waals surface area (Å²) >= 11 is 6.87. The molecule has 2 aromatic heterocycles. The summed E-state index contributed by atoms with van der Waals surface area (Å²) in [6.07, 6.45) is 3.31. The number of carbonyl (C=O) groups excluding carboxylic acids is 1. The fraction of sp³-hybridized carbons (Fsp3) is 0.278. The molecule has 0 aliphatic carbocycles. The normalized spacial score (nSPS) is 12.0. The Labute approximate surface area is 174 Å². The van der Waals surface area contributed by atoms with Gasteiger partial charge in [-0.2, -0.15) is 10.2 Å². The van der Waals surface area contributed by atoms with Crippen molar-refractivity contribution in [2.24, 2.45) is 0 Å². The Hall–Kier alpha value is -2.13. The Kier molecular flexibility index (Phi) is 6.01. The molecule has 0 saturated carbocycles. The number of halogens is 2. The zero-order valence-corrected chi connectivity index (χ0v) is 18.3. The van der Waals surface area contributed by atoms with Gasteiger partial charge in [0.1, 0.15) is 11.8 Å². The lowest BCUT2D eigenvalue weighted by Crippen LogP contribution is -2.25. The maximum absolute atomic E-state index is 12.5. The van der Waals surface area contributed by atoms with Crippen LogP contribution in [0.3, 0.4) is 0 Å². The molecular formula is C18H19Br2N5O2. The van der Waals surface area contributed by atoms with Crippen molar-refractivity contribution < 1.29 is 9.53 Å². The van der Waals surface area contributed by atoms with Gasteiger partial charge in [0, 0.05) is 4.47 Å². The molecule has 0 bridgehead atoms. The fourth-order valence-corrected chi connectivity index (χ4v) is 3.07. The van der Waals surface area contributed by atoms with Gasteiger partial charge in [0.2, 0.25) is 5.91 Å². The van der Waals surface area contributed by atoms with Crippen molar-refractivity contribution in [2.75, 3.05) is 5.32 Å². The molecule has 0 spiro atoms. The first-order chi connectivity index (χ1) is 12.8. The third-order valence-electron chi connectivity index (χ3n) is 4.06. The van der Waals surface area contributed by atoms with Crippen molar-refractivity contribution in [3.8, 4) is 5.75 Å². The fourth-order valence-electron chi connectivity index (χ4n) is 2.55. The van der Waals surface area contributed by atoms with Crippen LogP contribution in [0.1, 0.15) is 24.4 Å². The van der Waals surface area contributed by atoms with Crippen LogP contribution >= 0.6 is 31.9 Å². The van der Waals surface area contributed by atoms with Gasteiger partial charge in [-0.1, -0.05) is 15.9 Å². The van der Waals surface area contributed by atoms with Crippen LogP contribution in [0, 0.1) is 13.8 Å². The Balaban J connectivity index is 1.60. The number of hydrogen-bond acceptors (Lipinski definition) is 4. The molecule has 0 aliphatic heterocycles. The number of nitrogens with one attached hydrogen (secondary N) is 1. The molecule has 142 valence electrons. The minimum absolute atomic E-state index is 0.165. The molecule has 0 fully saturated rings. The quantitative estimate of drug-likeness (QED) is 0.546. The van der Waals surface area contributed by atoms with Crippen LogP contribution < -0.4 is 10.1 Å². The summed E-state index contributed by atoms with van der Waals surface area (Å²) in [5.74, 6) is 0.574. The molecule has 27 heavy (non-hydrogen) atoms. The molecule has 1 N–H and O–H groups in total. The van der Waals surface area contributed by atoms with Crippen molar-refractivity contribution in [3.05, 3.63) is 57.0 Å². The second-order valence-corrected chi connectivity index (χ2v) is 7.80. The molecule has 0 aliphatic rings. The lowest BCUT2D eigenvalue weighted by Gasteiger charge is -2.13. The topological polar surface area (TPSA) is 74.0 Å². The van der Waals surface area contributed by atoms with E-state index in [0.717, 1.165) is 26.1 Å². The van der Waals surface area contributed by atoms with Gasteiger partial charge in [0.05, 0.1) is 33.9 Å². The first-order valence-electron chi connectivity index (χ1n) is 8.28. The van der Waals surface area contributed by atoms with Gasteiger partial charge in [0.15, 0.2) is 6.73 Å². The SMILES string of the molecule is Cc1nn(C(C)C(=O)Nc2cnn(COc3ccc(Br)cc3)c2)c(C)c1Br. The molecule has 1 atom stereocenters. The molecule has 1 unspecified atom stereocenters. The minimum Gasteiger partial charge on any atom is -0.471 e. The number of aromatic nitrogens is 4. The van der Waals surface area contributed by atoms with Gasteiger partial charge in [-0.05, 0) is 61.0 Å². The van der Waals surface area contributed by atoms with Crippen molar-refractivity contribution in [1.29, 1.82) is 0 Å². The molecule has 1 amide bonds. The van der Waals surface area contributed by atoms with Gasteiger partial charge >= 0.3 is 0 Å². The number of benzene rings is 1. The summed E-state index contributed by atoms with van der Waals surface area (Å²) < 4.78 is 10.9. The van der Waals surface area contributed by atoms with Crippen molar-refractivity contribution in [1.82, 2.24) is 19.6 Å². The van der Waals surface area contributed by atoms with Gasteiger partial charge in [0.25, 0.3) is 0 Å². The molecular weight excluding hydrogens is 478 g/mol. The predicted octanol–water partition coefficient (Wildman–Crippen LogP) is 4.46. The molecule has 3 aromatic rings. The van der Waals surface area contributed by atoms with Crippen LogP contribution in [0.4, 0.5) is 5.69 Å². The van der Waals surface area contributed by atoms with Crippen LogP contribution in [0.2, 0.25) is 0 Å². The molecule has 7 nitrogen and oxygen atoms in total. The van der Waals surface area contributed by atoms with E-state index in [1.54, 1.807) is 21.8 Å². The van der Waals surface area contributed by atoms with Gasteiger partial charge in [-0.15, -0.1) is 0 Å². The number of hydrogen-bond donors (Lipinski definition) is 1. The summed E-state index contributed by atoms with van der Waals surface area (Å²) in [4.78, 5) is 12.5. The third-order valence-corrected chi connectivity index (χ3v) is 5.74. The van der Waals surface area contributed by atoms with E-state index in [1.165, 1.54) is 0 Å². The highest BCUT2D eigenvalue weighted by atomic mass is 79.9. The Morgan fingerprint density at radius 3 is 2.59 bits per heavy atom. The van der Waals surface area contributed by atoms with Crippen molar-refractivity contribution in [2.45, 2.75) is 33.5 Å². The van der Waals surface area contributed by atoms with Crippen LogP contribution in [-0.2, 0) is 11.5 Å². The van der Waals surface area contributed by atoms with Crippen LogP contribution in [0.5, 0.6) is 5.75 Å². The van der Waals surface area contributed by atoms with Crippen molar-refractivity contribution >= 4 is 43.5 Å². The highest BCUT2D eigenvalue weighted by Crippen LogP contribution is 2.23. The zero-order valence-electron chi connectivity index (χ0n) is 15.1. The number of anilines is 1. The number of nitrogens with zero attached hydrogens (tertiary/aromatic N) is 4. The Morgan fingerprint density at radius 2 is 1.96 bits per heavy atom. The van der Waals surface area contributed by atoms with E-state index in [0.29, 0.717) is 5.69 Å². The van der Waals surface area contributed by atoms with E-state index in [4.69, 9.17) is 4.74 Å². The van der Waals surface area contributed by atoms with E-state index < -0.39 is 6.04 Å². The lowest BCUT2D eigenvalue weighted by molar-refractivity contribution is -0.119. The highest BCUT2D eigenvalue weighted by molar-refractivity contribution is 9.10. The zero-order chi connectivity index (χ0) is 19.6. The van der Waals surface area contributed by atoms with Gasteiger partial charge in [-0.25, -0.2) is 4.68 Å². The number of carbonyl (C=O) groups is 1. The van der Waals surface area contributed by atoms with Gasteiger partial charge in [-0.3, -0.25) is 9.48 Å². The maximum Gasteiger partial charge on any atom is 0.249 e. The van der Waals surface area contributed by atoms with E-state index in [1.807, 2.05) is 45.0 Å². The maximum atomic E-state index is 12.5. The van der Waals surface area contributed by atoms with E-state index in [9.17, 15) is 4.79 Å². The average Bonchev–Trinajstić information content (AvgIpc) is 3.20. The summed E-state index contributed by atoms with van der Waals surface area (Å²) in [7, 11) is 0. The molecule has 2 heterocycles. The highest BCUT2D eigenvalue weighted by Gasteiger charge is 2.20. The van der Waals surface area contributed by atoms with E-state index in [-0.39, 0.29) is 12.6 Å². The summed E-state index contributed by atoms with van der Waals surface area (Å²) in [6.45, 7) is 5.87. The van der Waals surface area contributed by atoms with Crippen LogP contribution in [0.15, 0.2) is 45.6 Å². The largest absolute Gasteiger partial charge is 0.471 e. The van der Waals surface area contributed by atoms with Gasteiger partial charge < -0.3 is 10.1 Å². The van der Waals surface area contributed by atoms with Crippen molar-refractivity contribution in [3.63, 3.8) is 0 Å². The number of ether oxygens (including phenoxy) is 1. The number of amides is 1. The first-order valence-corrected chi connectivity index (χ1v) is 9.86. The molecule has 0 radical (unpaired) electrons. The second kappa shape index (κ2) is 8.26. The second-order valence-electron chi connectivity index (χ2n) is 6.09. The van der Waals surface area contributed by atoms with E-state index in [2.05, 4.69) is 47.4 Å².